The Hall–Kier alpha value is -2.21. The van der Waals surface area contributed by atoms with Gasteiger partial charge in [0.15, 0.2) is 6.29 Å². The number of nitrogens with zero attached hydrogens (tertiary/aromatic N) is 1. The third-order valence-electron chi connectivity index (χ3n) is 5.16. The third-order valence-corrected chi connectivity index (χ3v) is 5.16. The Balaban J connectivity index is 1.89. The zero-order valence-electron chi connectivity index (χ0n) is 15.3. The second-order valence-corrected chi connectivity index (χ2v) is 6.58. The number of carbonyl (C=O) groups excluding carboxylic acids is 1. The number of hydrogen-bond donors (Lipinski definition) is 1. The van der Waals surface area contributed by atoms with Crippen LogP contribution in [0.4, 0.5) is 0 Å². The molecule has 1 aliphatic heterocycles. The van der Waals surface area contributed by atoms with Crippen molar-refractivity contribution in [3.05, 3.63) is 71.3 Å². The smallest absolute Gasteiger partial charge is 0.231 e. The summed E-state index contributed by atoms with van der Waals surface area (Å²) in [6.45, 7) is 0. The fourth-order valence-corrected chi connectivity index (χ4v) is 3.70. The van der Waals surface area contributed by atoms with E-state index in [1.54, 1.807) is 26.2 Å². The lowest BCUT2D eigenvalue weighted by Gasteiger charge is -2.47. The number of carbonyl (C=O) groups is 1. The maximum absolute atomic E-state index is 12.5. The minimum atomic E-state index is -0.880. The Labute approximate surface area is 154 Å². The van der Waals surface area contributed by atoms with Crippen LogP contribution >= 0.6 is 0 Å². The number of methoxy groups -OCH3 is 2. The molecule has 0 saturated carbocycles. The summed E-state index contributed by atoms with van der Waals surface area (Å²) in [4.78, 5) is 14.2. The Bertz CT molecular complexity index is 745. The van der Waals surface area contributed by atoms with E-state index >= 15 is 0 Å². The number of β-lactam (4-membered cyclic amide) rings is 1. The maximum Gasteiger partial charge on any atom is 0.231 e. The molecule has 0 aromatic heterocycles. The van der Waals surface area contributed by atoms with Gasteiger partial charge in [-0.2, -0.15) is 0 Å². The average Bonchev–Trinajstić information content (AvgIpc) is 2.69. The molecule has 1 N–H and O–H groups in total. The van der Waals surface area contributed by atoms with Crippen LogP contribution in [0.15, 0.2) is 54.6 Å². The van der Waals surface area contributed by atoms with E-state index in [4.69, 9.17) is 9.47 Å². The molecule has 0 bridgehead atoms. The molecule has 138 valence electrons. The predicted molar refractivity (Wildman–Crippen MR) is 98.4 cm³/mol. The molecule has 1 saturated heterocycles. The van der Waals surface area contributed by atoms with E-state index in [2.05, 4.69) is 0 Å². The Kier molecular flexibility index (Phi) is 5.71. The average molecular weight is 355 g/mol. The highest BCUT2D eigenvalue weighted by Gasteiger charge is 2.50. The zero-order valence-corrected chi connectivity index (χ0v) is 15.3. The number of benzene rings is 2. The molecule has 3 atom stereocenters. The standard InChI is InChI=1S/C21H25NO4/c1-22-19(14-9-5-4-6-10-14)18(21(22)24)20(23)16-12-8-7-11-15(16)13-17(25-2)26-3/h4-12,17-20,23H,13H2,1-3H3/t18-,19+,20-/m0/s1. The number of likely N-dealkylation sites (tertiary alicyclic amines) is 1. The van der Waals surface area contributed by atoms with Gasteiger partial charge in [-0.3, -0.25) is 4.79 Å². The van der Waals surface area contributed by atoms with Crippen molar-refractivity contribution in [3.8, 4) is 0 Å². The molecule has 3 rings (SSSR count). The molecule has 5 heteroatoms. The molecule has 26 heavy (non-hydrogen) atoms. The first kappa shape index (κ1) is 18.6. The van der Waals surface area contributed by atoms with Crippen LogP contribution in [0.1, 0.15) is 28.8 Å². The van der Waals surface area contributed by atoms with Gasteiger partial charge in [0.25, 0.3) is 0 Å². The summed E-state index contributed by atoms with van der Waals surface area (Å²) >= 11 is 0. The molecular weight excluding hydrogens is 330 g/mol. The normalized spacial score (nSPS) is 21.0. The first-order valence-electron chi connectivity index (χ1n) is 8.71. The molecule has 1 fully saturated rings. The highest BCUT2D eigenvalue weighted by Crippen LogP contribution is 2.46. The van der Waals surface area contributed by atoms with Gasteiger partial charge in [0, 0.05) is 27.7 Å². The van der Waals surface area contributed by atoms with Crippen LogP contribution in [0.25, 0.3) is 0 Å². The Morgan fingerprint density at radius 2 is 1.65 bits per heavy atom. The zero-order chi connectivity index (χ0) is 18.7. The van der Waals surface area contributed by atoms with Gasteiger partial charge < -0.3 is 19.5 Å². The number of hydrogen-bond acceptors (Lipinski definition) is 4. The number of ether oxygens (including phenoxy) is 2. The first-order valence-corrected chi connectivity index (χ1v) is 8.71. The molecule has 1 heterocycles. The highest BCUT2D eigenvalue weighted by atomic mass is 16.7. The van der Waals surface area contributed by atoms with Crippen molar-refractivity contribution in [2.24, 2.45) is 5.92 Å². The van der Waals surface area contributed by atoms with E-state index in [1.807, 2.05) is 54.6 Å². The highest BCUT2D eigenvalue weighted by molar-refractivity contribution is 5.87. The lowest BCUT2D eigenvalue weighted by atomic mass is 9.76. The largest absolute Gasteiger partial charge is 0.387 e. The van der Waals surface area contributed by atoms with Gasteiger partial charge in [-0.25, -0.2) is 0 Å². The fraction of sp³-hybridized carbons (Fsp3) is 0.381. The third kappa shape index (κ3) is 3.38. The summed E-state index contributed by atoms with van der Waals surface area (Å²) in [6, 6.07) is 17.3. The van der Waals surface area contributed by atoms with Crippen LogP contribution in [-0.4, -0.2) is 43.5 Å². The minimum absolute atomic E-state index is 0.0452. The van der Waals surface area contributed by atoms with E-state index < -0.39 is 18.3 Å². The van der Waals surface area contributed by atoms with Gasteiger partial charge in [0.05, 0.1) is 18.1 Å². The van der Waals surface area contributed by atoms with Crippen LogP contribution in [0.2, 0.25) is 0 Å². The SMILES string of the molecule is COC(Cc1ccccc1[C@H](O)[C@H]1C(=O)N(C)[C@@H]1c1ccccc1)OC. The number of aliphatic hydroxyl groups excluding tert-OH is 1. The Morgan fingerprint density at radius 3 is 2.31 bits per heavy atom. The summed E-state index contributed by atoms with van der Waals surface area (Å²) in [5.74, 6) is -0.539. The Morgan fingerprint density at radius 1 is 1.04 bits per heavy atom. The topological polar surface area (TPSA) is 59.0 Å². The summed E-state index contributed by atoms with van der Waals surface area (Å²) in [7, 11) is 4.95. The lowest BCUT2D eigenvalue weighted by molar-refractivity contribution is -0.163. The minimum Gasteiger partial charge on any atom is -0.387 e. The summed E-state index contributed by atoms with van der Waals surface area (Å²) in [5, 5.41) is 11.1. The van der Waals surface area contributed by atoms with E-state index in [1.165, 1.54) is 0 Å². The number of amides is 1. The number of rotatable bonds is 7. The van der Waals surface area contributed by atoms with Crippen molar-refractivity contribution in [1.29, 1.82) is 0 Å². The molecule has 0 aliphatic carbocycles. The van der Waals surface area contributed by atoms with Crippen LogP contribution in [0, 0.1) is 5.92 Å². The summed E-state index contributed by atoms with van der Waals surface area (Å²) in [5.41, 5.74) is 2.70. The van der Waals surface area contributed by atoms with Crippen molar-refractivity contribution in [2.75, 3.05) is 21.3 Å². The molecule has 2 aromatic carbocycles. The van der Waals surface area contributed by atoms with Crippen molar-refractivity contribution in [2.45, 2.75) is 24.9 Å². The summed E-state index contributed by atoms with van der Waals surface area (Å²) < 4.78 is 10.6. The molecule has 1 amide bonds. The van der Waals surface area contributed by atoms with Crippen molar-refractivity contribution in [1.82, 2.24) is 4.90 Å². The number of aliphatic hydroxyl groups is 1. The molecule has 0 spiro atoms. The molecule has 0 unspecified atom stereocenters. The molecule has 5 nitrogen and oxygen atoms in total. The van der Waals surface area contributed by atoms with Crippen LogP contribution in [-0.2, 0) is 20.7 Å². The van der Waals surface area contributed by atoms with Gasteiger partial charge in [0.1, 0.15) is 0 Å². The van der Waals surface area contributed by atoms with E-state index in [-0.39, 0.29) is 11.9 Å². The van der Waals surface area contributed by atoms with Gasteiger partial charge in [-0.05, 0) is 16.7 Å². The fourth-order valence-electron chi connectivity index (χ4n) is 3.70. The monoisotopic (exact) mass is 355 g/mol. The molecule has 0 radical (unpaired) electrons. The quantitative estimate of drug-likeness (QED) is 0.613. The van der Waals surface area contributed by atoms with E-state index in [0.29, 0.717) is 6.42 Å². The van der Waals surface area contributed by atoms with Crippen molar-refractivity contribution in [3.63, 3.8) is 0 Å². The van der Waals surface area contributed by atoms with Crippen LogP contribution in [0.5, 0.6) is 0 Å². The molecular formula is C21H25NO4. The second-order valence-electron chi connectivity index (χ2n) is 6.58. The van der Waals surface area contributed by atoms with Gasteiger partial charge in [-0.1, -0.05) is 54.6 Å². The van der Waals surface area contributed by atoms with Gasteiger partial charge in [0.2, 0.25) is 5.91 Å². The van der Waals surface area contributed by atoms with Crippen molar-refractivity contribution >= 4 is 5.91 Å². The first-order chi connectivity index (χ1) is 12.6. The predicted octanol–water partition coefficient (Wildman–Crippen LogP) is 2.71. The van der Waals surface area contributed by atoms with Gasteiger partial charge in [-0.15, -0.1) is 0 Å². The van der Waals surface area contributed by atoms with Crippen LogP contribution in [0.3, 0.4) is 0 Å². The lowest BCUT2D eigenvalue weighted by Crippen LogP contribution is -2.55. The summed E-state index contributed by atoms with van der Waals surface area (Å²) in [6.07, 6.45) is -0.769. The van der Waals surface area contributed by atoms with Crippen LogP contribution < -0.4 is 0 Å². The maximum atomic E-state index is 12.5. The van der Waals surface area contributed by atoms with Crippen molar-refractivity contribution < 1.29 is 19.4 Å². The van der Waals surface area contributed by atoms with Gasteiger partial charge >= 0.3 is 0 Å². The molecule has 2 aromatic rings. The second kappa shape index (κ2) is 7.99. The van der Waals surface area contributed by atoms with E-state index in [9.17, 15) is 9.90 Å². The molecule has 1 aliphatic rings. The van der Waals surface area contributed by atoms with E-state index in [0.717, 1.165) is 16.7 Å².